The van der Waals surface area contributed by atoms with Crippen molar-refractivity contribution in [1.82, 2.24) is 0 Å². The first kappa shape index (κ1) is 17.2. The van der Waals surface area contributed by atoms with Gasteiger partial charge in [-0.1, -0.05) is 17.7 Å². The van der Waals surface area contributed by atoms with Gasteiger partial charge in [-0.15, -0.1) is 11.3 Å². The molecule has 0 saturated heterocycles. The summed E-state index contributed by atoms with van der Waals surface area (Å²) in [6.45, 7) is 1.64. The highest BCUT2D eigenvalue weighted by atomic mass is 35.5. The van der Waals surface area contributed by atoms with E-state index in [-0.39, 0.29) is 5.69 Å². The van der Waals surface area contributed by atoms with E-state index in [1.54, 1.807) is 38.3 Å². The second-order valence-corrected chi connectivity index (χ2v) is 6.75. The predicted molar refractivity (Wildman–Crippen MR) is 99.2 cm³/mol. The van der Waals surface area contributed by atoms with E-state index >= 15 is 0 Å². The number of ether oxygens (including phenoxy) is 1. The topological polar surface area (TPSA) is 81.5 Å². The molecule has 1 heterocycles. The summed E-state index contributed by atoms with van der Waals surface area (Å²) in [5.41, 5.74) is 0.813. The summed E-state index contributed by atoms with van der Waals surface area (Å²) in [6.07, 6.45) is 0. The second-order valence-electron chi connectivity index (χ2n) is 5.32. The maximum absolute atomic E-state index is 12.5. The number of nitrogens with one attached hydrogen (secondary N) is 1. The maximum atomic E-state index is 12.5. The zero-order valence-electron chi connectivity index (χ0n) is 13.3. The molecule has 0 radical (unpaired) electrons. The Balaban J connectivity index is 1.94. The first-order chi connectivity index (χ1) is 11.9. The first-order valence-electron chi connectivity index (χ1n) is 7.23. The van der Waals surface area contributed by atoms with Crippen molar-refractivity contribution in [2.75, 3.05) is 12.4 Å². The molecule has 0 unspecified atom stereocenters. The number of methoxy groups -OCH3 is 1. The van der Waals surface area contributed by atoms with Crippen molar-refractivity contribution in [2.45, 2.75) is 6.92 Å². The summed E-state index contributed by atoms with van der Waals surface area (Å²) in [7, 11) is 1.55. The molecule has 3 rings (SSSR count). The third-order valence-corrected chi connectivity index (χ3v) is 5.38. The molecule has 0 saturated carbocycles. The van der Waals surface area contributed by atoms with Crippen LogP contribution in [0.5, 0.6) is 5.75 Å². The van der Waals surface area contributed by atoms with Gasteiger partial charge < -0.3 is 10.1 Å². The van der Waals surface area contributed by atoms with Gasteiger partial charge >= 0.3 is 0 Å². The van der Waals surface area contributed by atoms with Crippen molar-refractivity contribution in [3.05, 3.63) is 62.0 Å². The Labute approximate surface area is 152 Å². The summed E-state index contributed by atoms with van der Waals surface area (Å²) in [6, 6.07) is 9.92. The van der Waals surface area contributed by atoms with Gasteiger partial charge in [0.05, 0.1) is 17.1 Å². The standard InChI is InChI=1S/C17H13ClN2O4S/c1-9-3-4-10(7-13(9)20(22)23)19-17(21)16-15(18)12-8-11(24-2)5-6-14(12)25-16/h3-8H,1-2H3,(H,19,21). The molecular weight excluding hydrogens is 364 g/mol. The number of nitrogens with zero attached hydrogens (tertiary/aromatic N) is 1. The number of halogens is 1. The average molecular weight is 377 g/mol. The van der Waals surface area contributed by atoms with Crippen molar-refractivity contribution in [3.8, 4) is 5.75 Å². The molecule has 1 amide bonds. The second kappa shape index (κ2) is 6.70. The van der Waals surface area contributed by atoms with E-state index in [4.69, 9.17) is 16.3 Å². The number of rotatable bonds is 4. The van der Waals surface area contributed by atoms with Crippen LogP contribution in [-0.4, -0.2) is 17.9 Å². The van der Waals surface area contributed by atoms with Crippen LogP contribution in [-0.2, 0) is 0 Å². The lowest BCUT2D eigenvalue weighted by Crippen LogP contribution is -2.11. The Kier molecular flexibility index (Phi) is 4.61. The molecule has 2 aromatic carbocycles. The van der Waals surface area contributed by atoms with Crippen molar-refractivity contribution in [2.24, 2.45) is 0 Å². The highest BCUT2D eigenvalue weighted by Crippen LogP contribution is 2.37. The van der Waals surface area contributed by atoms with E-state index in [0.717, 1.165) is 10.1 Å². The average Bonchev–Trinajstić information content (AvgIpc) is 2.92. The Morgan fingerprint density at radius 1 is 1.28 bits per heavy atom. The molecular formula is C17H13ClN2O4S. The fourth-order valence-electron chi connectivity index (χ4n) is 2.39. The van der Waals surface area contributed by atoms with Crippen LogP contribution in [0.3, 0.4) is 0 Å². The zero-order valence-corrected chi connectivity index (χ0v) is 14.9. The minimum Gasteiger partial charge on any atom is -0.497 e. The van der Waals surface area contributed by atoms with E-state index in [2.05, 4.69) is 5.32 Å². The Bertz CT molecular complexity index is 1000. The molecule has 1 aromatic heterocycles. The van der Waals surface area contributed by atoms with E-state index in [9.17, 15) is 14.9 Å². The van der Waals surface area contributed by atoms with Crippen molar-refractivity contribution >= 4 is 50.3 Å². The van der Waals surface area contributed by atoms with Gasteiger partial charge in [0.1, 0.15) is 10.6 Å². The highest BCUT2D eigenvalue weighted by molar-refractivity contribution is 7.21. The van der Waals surface area contributed by atoms with Crippen LogP contribution in [0.4, 0.5) is 11.4 Å². The molecule has 1 N–H and O–H groups in total. The lowest BCUT2D eigenvalue weighted by molar-refractivity contribution is -0.385. The number of anilines is 1. The lowest BCUT2D eigenvalue weighted by Gasteiger charge is -2.05. The lowest BCUT2D eigenvalue weighted by atomic mass is 10.2. The van der Waals surface area contributed by atoms with Crippen LogP contribution >= 0.6 is 22.9 Å². The third-order valence-electron chi connectivity index (χ3n) is 3.70. The summed E-state index contributed by atoms with van der Waals surface area (Å²) in [5, 5.41) is 14.7. The number of hydrogen-bond donors (Lipinski definition) is 1. The van der Waals surface area contributed by atoms with Gasteiger partial charge in [0.15, 0.2) is 0 Å². The summed E-state index contributed by atoms with van der Waals surface area (Å²) < 4.78 is 6.02. The van der Waals surface area contributed by atoms with Gasteiger partial charge in [-0.25, -0.2) is 0 Å². The van der Waals surface area contributed by atoms with Crippen molar-refractivity contribution < 1.29 is 14.5 Å². The fraction of sp³-hybridized carbons (Fsp3) is 0.118. The molecule has 0 atom stereocenters. The van der Waals surface area contributed by atoms with Gasteiger partial charge in [-0.2, -0.15) is 0 Å². The molecule has 0 spiro atoms. The van der Waals surface area contributed by atoms with Gasteiger partial charge in [0, 0.05) is 27.4 Å². The van der Waals surface area contributed by atoms with E-state index < -0.39 is 10.8 Å². The summed E-state index contributed by atoms with van der Waals surface area (Å²) in [5.74, 6) is 0.233. The van der Waals surface area contributed by atoms with Crippen LogP contribution in [0, 0.1) is 17.0 Å². The quantitative estimate of drug-likeness (QED) is 0.511. The monoisotopic (exact) mass is 376 g/mol. The normalized spacial score (nSPS) is 10.7. The largest absolute Gasteiger partial charge is 0.497 e. The molecule has 6 nitrogen and oxygen atoms in total. The molecule has 128 valence electrons. The molecule has 3 aromatic rings. The number of aryl methyl sites for hydroxylation is 1. The first-order valence-corrected chi connectivity index (χ1v) is 8.42. The number of nitro benzene ring substituents is 1. The number of carbonyl (C=O) groups is 1. The molecule has 0 aliphatic carbocycles. The maximum Gasteiger partial charge on any atom is 0.274 e. The SMILES string of the molecule is COc1ccc2sc(C(=O)Nc3ccc(C)c([N+](=O)[O-])c3)c(Cl)c2c1. The van der Waals surface area contributed by atoms with Crippen LogP contribution in [0.15, 0.2) is 36.4 Å². The Hall–Kier alpha value is -2.64. The van der Waals surface area contributed by atoms with Gasteiger partial charge in [-0.3, -0.25) is 14.9 Å². The van der Waals surface area contributed by atoms with Crippen molar-refractivity contribution in [3.63, 3.8) is 0 Å². The number of hydrogen-bond acceptors (Lipinski definition) is 5. The number of benzene rings is 2. The number of amides is 1. The molecule has 25 heavy (non-hydrogen) atoms. The molecule has 0 fully saturated rings. The third kappa shape index (κ3) is 3.29. The fourth-order valence-corrected chi connectivity index (χ4v) is 3.78. The van der Waals surface area contributed by atoms with Crippen molar-refractivity contribution in [1.29, 1.82) is 0 Å². The van der Waals surface area contributed by atoms with Crippen LogP contribution in [0.25, 0.3) is 10.1 Å². The minimum atomic E-state index is -0.482. The minimum absolute atomic E-state index is 0.0509. The van der Waals surface area contributed by atoms with Gasteiger partial charge in [0.2, 0.25) is 0 Å². The van der Waals surface area contributed by atoms with Crippen LogP contribution < -0.4 is 10.1 Å². The summed E-state index contributed by atoms with van der Waals surface area (Å²) >= 11 is 7.59. The van der Waals surface area contributed by atoms with Crippen LogP contribution in [0.2, 0.25) is 5.02 Å². The zero-order chi connectivity index (χ0) is 18.1. The Morgan fingerprint density at radius 2 is 2.04 bits per heavy atom. The number of nitro groups is 1. The van der Waals surface area contributed by atoms with E-state index in [1.165, 1.54) is 17.4 Å². The number of thiophene rings is 1. The summed E-state index contributed by atoms with van der Waals surface area (Å²) in [4.78, 5) is 23.4. The molecule has 8 heteroatoms. The number of fused-ring (bicyclic) bond motifs is 1. The van der Waals surface area contributed by atoms with E-state index in [1.807, 2.05) is 6.07 Å². The Morgan fingerprint density at radius 3 is 2.72 bits per heavy atom. The molecule has 0 aliphatic rings. The van der Waals surface area contributed by atoms with Gasteiger partial charge in [-0.05, 0) is 31.2 Å². The number of carbonyl (C=O) groups excluding carboxylic acids is 1. The smallest absolute Gasteiger partial charge is 0.274 e. The van der Waals surface area contributed by atoms with Crippen LogP contribution in [0.1, 0.15) is 15.2 Å². The predicted octanol–water partition coefficient (Wildman–Crippen LogP) is 5.03. The molecule has 0 aliphatic heterocycles. The van der Waals surface area contributed by atoms with E-state index in [0.29, 0.717) is 26.9 Å². The molecule has 0 bridgehead atoms. The van der Waals surface area contributed by atoms with Gasteiger partial charge in [0.25, 0.3) is 11.6 Å². The highest BCUT2D eigenvalue weighted by Gasteiger charge is 2.19.